The molecule has 1 N–H and O–H groups in total. The van der Waals surface area contributed by atoms with Crippen molar-refractivity contribution in [2.45, 2.75) is 11.5 Å². The second-order valence-corrected chi connectivity index (χ2v) is 6.03. The molecule has 2 aromatic carbocycles. The molecule has 7 heteroatoms. The number of nitrogens with one attached hydrogen (secondary N) is 1. The van der Waals surface area contributed by atoms with E-state index < -0.39 is 16.1 Å². The number of sulfonamides is 1. The molecule has 0 unspecified atom stereocenters. The third-order valence-corrected chi connectivity index (χ3v) is 4.13. The average Bonchev–Trinajstić information content (AvgIpc) is 2.53. The maximum Gasteiger partial charge on any atom is 0.421 e. The number of rotatable bonds is 5. The molecule has 2 rings (SSSR count). The summed E-state index contributed by atoms with van der Waals surface area (Å²) in [6.07, 6.45) is -1.03. The zero-order chi connectivity index (χ0) is 16.0. The Balaban J connectivity index is 1.97. The van der Waals surface area contributed by atoms with Crippen molar-refractivity contribution < 1.29 is 22.7 Å². The van der Waals surface area contributed by atoms with Crippen LogP contribution in [0.25, 0.3) is 0 Å². The first kappa shape index (κ1) is 15.8. The molecule has 1 amide bonds. The molecule has 0 aliphatic rings. The third-order valence-electron chi connectivity index (χ3n) is 2.80. The predicted octanol–water partition coefficient (Wildman–Crippen LogP) is 2.31. The number of carbonyl (C=O) groups is 1. The smallest absolute Gasteiger partial charge is 0.421 e. The van der Waals surface area contributed by atoms with Crippen LogP contribution in [0.1, 0.15) is 5.56 Å². The Labute approximate surface area is 128 Å². The summed E-state index contributed by atoms with van der Waals surface area (Å²) in [4.78, 5) is 11.5. The number of amides is 1. The quantitative estimate of drug-likeness (QED) is 0.914. The van der Waals surface area contributed by atoms with Crippen molar-refractivity contribution in [3.63, 3.8) is 0 Å². The second kappa shape index (κ2) is 6.95. The van der Waals surface area contributed by atoms with Crippen LogP contribution in [0, 0.1) is 0 Å². The minimum Gasteiger partial charge on any atom is -0.497 e. The topological polar surface area (TPSA) is 81.7 Å². The van der Waals surface area contributed by atoms with Gasteiger partial charge >= 0.3 is 6.09 Å². The van der Waals surface area contributed by atoms with Gasteiger partial charge in [-0.25, -0.2) is 17.9 Å². The highest BCUT2D eigenvalue weighted by molar-refractivity contribution is 7.90. The monoisotopic (exact) mass is 321 g/mol. The Morgan fingerprint density at radius 2 is 1.68 bits per heavy atom. The number of ether oxygens (including phenoxy) is 2. The fourth-order valence-corrected chi connectivity index (χ4v) is 2.57. The molecule has 0 radical (unpaired) electrons. The van der Waals surface area contributed by atoms with Gasteiger partial charge in [-0.3, -0.25) is 0 Å². The van der Waals surface area contributed by atoms with Crippen LogP contribution in [0.5, 0.6) is 5.75 Å². The first-order valence-corrected chi connectivity index (χ1v) is 7.87. The molecule has 0 heterocycles. The molecule has 0 saturated carbocycles. The van der Waals surface area contributed by atoms with Crippen molar-refractivity contribution in [1.29, 1.82) is 0 Å². The van der Waals surface area contributed by atoms with Gasteiger partial charge in [0.2, 0.25) is 0 Å². The molecule has 6 nitrogen and oxygen atoms in total. The molecular weight excluding hydrogens is 306 g/mol. The van der Waals surface area contributed by atoms with E-state index >= 15 is 0 Å². The minimum atomic E-state index is -3.97. The molecule has 0 bridgehead atoms. The highest BCUT2D eigenvalue weighted by Gasteiger charge is 2.18. The summed E-state index contributed by atoms with van der Waals surface area (Å²) in [6, 6.07) is 14.6. The molecule has 0 aromatic heterocycles. The highest BCUT2D eigenvalue weighted by Crippen LogP contribution is 2.15. The minimum absolute atomic E-state index is 0.00912. The van der Waals surface area contributed by atoms with E-state index in [1.54, 1.807) is 24.3 Å². The Kier molecular flexibility index (Phi) is 5.00. The Morgan fingerprint density at radius 3 is 2.27 bits per heavy atom. The average molecular weight is 321 g/mol. The lowest BCUT2D eigenvalue weighted by molar-refractivity contribution is 0.146. The van der Waals surface area contributed by atoms with Gasteiger partial charge in [0.1, 0.15) is 12.4 Å². The summed E-state index contributed by atoms with van der Waals surface area (Å²) < 4.78 is 35.7. The van der Waals surface area contributed by atoms with Gasteiger partial charge in [-0.05, 0) is 29.8 Å². The molecule has 0 atom stereocenters. The lowest BCUT2D eigenvalue weighted by Crippen LogP contribution is -2.31. The van der Waals surface area contributed by atoms with Gasteiger partial charge in [-0.15, -0.1) is 0 Å². The van der Waals surface area contributed by atoms with E-state index in [4.69, 9.17) is 9.47 Å². The molecule has 22 heavy (non-hydrogen) atoms. The van der Waals surface area contributed by atoms with Crippen molar-refractivity contribution in [1.82, 2.24) is 4.72 Å². The van der Waals surface area contributed by atoms with E-state index in [-0.39, 0.29) is 11.5 Å². The second-order valence-electron chi connectivity index (χ2n) is 4.34. The summed E-state index contributed by atoms with van der Waals surface area (Å²) in [5.74, 6) is 0.519. The van der Waals surface area contributed by atoms with Crippen molar-refractivity contribution in [3.8, 4) is 5.75 Å². The summed E-state index contributed by atoms with van der Waals surface area (Å²) in [6.45, 7) is -0.00912. The predicted molar refractivity (Wildman–Crippen MR) is 79.9 cm³/mol. The number of carbonyl (C=O) groups excluding carboxylic acids is 1. The third kappa shape index (κ3) is 4.23. The van der Waals surface area contributed by atoms with Crippen molar-refractivity contribution in [2.24, 2.45) is 0 Å². The first-order valence-electron chi connectivity index (χ1n) is 6.39. The van der Waals surface area contributed by atoms with E-state index in [9.17, 15) is 13.2 Å². The molecule has 2 aromatic rings. The van der Waals surface area contributed by atoms with Gasteiger partial charge in [-0.2, -0.15) is 0 Å². The summed E-state index contributed by atoms with van der Waals surface area (Å²) in [7, 11) is -2.49. The van der Waals surface area contributed by atoms with Gasteiger partial charge in [0.15, 0.2) is 0 Å². The number of hydrogen-bond donors (Lipinski definition) is 1. The molecule has 0 fully saturated rings. The number of hydrogen-bond acceptors (Lipinski definition) is 5. The van der Waals surface area contributed by atoms with Crippen molar-refractivity contribution in [3.05, 3.63) is 60.2 Å². The van der Waals surface area contributed by atoms with Crippen LogP contribution in [0.2, 0.25) is 0 Å². The standard InChI is InChI=1S/C15H15NO5S/c1-20-13-7-9-14(10-8-13)22(18,19)16-15(17)21-11-12-5-3-2-4-6-12/h2-10H,11H2,1H3,(H,16,17). The summed E-state index contributed by atoms with van der Waals surface area (Å²) >= 11 is 0. The van der Waals surface area contributed by atoms with Crippen LogP contribution >= 0.6 is 0 Å². The first-order chi connectivity index (χ1) is 10.5. The number of benzene rings is 2. The van der Waals surface area contributed by atoms with Crippen LogP contribution < -0.4 is 9.46 Å². The van der Waals surface area contributed by atoms with Crippen molar-refractivity contribution >= 4 is 16.1 Å². The molecule has 116 valence electrons. The van der Waals surface area contributed by atoms with Crippen LogP contribution in [0.15, 0.2) is 59.5 Å². The summed E-state index contributed by atoms with van der Waals surface area (Å²) in [5, 5.41) is 0. The van der Waals surface area contributed by atoms with E-state index in [2.05, 4.69) is 0 Å². The largest absolute Gasteiger partial charge is 0.497 e. The fourth-order valence-electron chi connectivity index (χ4n) is 1.68. The molecular formula is C15H15NO5S. The highest BCUT2D eigenvalue weighted by atomic mass is 32.2. The molecule has 0 aliphatic heterocycles. The Bertz CT molecular complexity index is 726. The molecule has 0 saturated heterocycles. The van der Waals surface area contributed by atoms with Crippen LogP contribution in [-0.2, 0) is 21.4 Å². The number of methoxy groups -OCH3 is 1. The Morgan fingerprint density at radius 1 is 1.05 bits per heavy atom. The molecule has 0 spiro atoms. The van der Waals surface area contributed by atoms with E-state index in [0.717, 1.165) is 5.56 Å². The van der Waals surface area contributed by atoms with E-state index in [1.807, 2.05) is 10.8 Å². The summed E-state index contributed by atoms with van der Waals surface area (Å²) in [5.41, 5.74) is 0.763. The van der Waals surface area contributed by atoms with Gasteiger partial charge in [0.25, 0.3) is 10.0 Å². The van der Waals surface area contributed by atoms with Gasteiger partial charge in [0, 0.05) is 0 Å². The van der Waals surface area contributed by atoms with Crippen molar-refractivity contribution in [2.75, 3.05) is 7.11 Å². The Hall–Kier alpha value is -2.54. The molecule has 0 aliphatic carbocycles. The van der Waals surface area contributed by atoms with Crippen LogP contribution in [0.4, 0.5) is 4.79 Å². The van der Waals surface area contributed by atoms with Gasteiger partial charge in [0.05, 0.1) is 12.0 Å². The van der Waals surface area contributed by atoms with Crippen LogP contribution in [0.3, 0.4) is 0 Å². The maximum atomic E-state index is 12.0. The zero-order valence-corrected chi connectivity index (χ0v) is 12.7. The van der Waals surface area contributed by atoms with E-state index in [1.165, 1.54) is 31.4 Å². The fraction of sp³-hybridized carbons (Fsp3) is 0.133. The van der Waals surface area contributed by atoms with Gasteiger partial charge < -0.3 is 9.47 Å². The van der Waals surface area contributed by atoms with Crippen LogP contribution in [-0.4, -0.2) is 21.6 Å². The van der Waals surface area contributed by atoms with E-state index in [0.29, 0.717) is 5.75 Å². The lowest BCUT2D eigenvalue weighted by atomic mass is 10.2. The SMILES string of the molecule is COc1ccc(S(=O)(=O)NC(=O)OCc2ccccc2)cc1. The lowest BCUT2D eigenvalue weighted by Gasteiger charge is -2.08. The zero-order valence-electron chi connectivity index (χ0n) is 11.9. The normalized spacial score (nSPS) is 10.8. The maximum absolute atomic E-state index is 12.0. The van der Waals surface area contributed by atoms with Gasteiger partial charge in [-0.1, -0.05) is 30.3 Å².